The number of nitro groups is 1. The average molecular weight is 349 g/mol. The van der Waals surface area contributed by atoms with E-state index in [2.05, 4.69) is 9.47 Å². The molecule has 0 unspecified atom stereocenters. The topological polar surface area (TPSA) is 95.7 Å². The monoisotopic (exact) mass is 349 g/mol. The fourth-order valence-electron chi connectivity index (χ4n) is 2.30. The molecule has 7 nitrogen and oxygen atoms in total. The molecular formula is C14H14F3NO6. The smallest absolute Gasteiger partial charge is 0.416 e. The van der Waals surface area contributed by atoms with Crippen molar-refractivity contribution in [3.8, 4) is 0 Å². The van der Waals surface area contributed by atoms with Crippen molar-refractivity contribution in [2.45, 2.75) is 12.1 Å². The Kier molecular flexibility index (Phi) is 6.27. The number of nitrogens with zero attached hydrogens (tertiary/aromatic N) is 1. The van der Waals surface area contributed by atoms with Crippen molar-refractivity contribution in [2.75, 3.05) is 20.8 Å². The summed E-state index contributed by atoms with van der Waals surface area (Å²) >= 11 is 0. The minimum atomic E-state index is -4.82. The van der Waals surface area contributed by atoms with Crippen LogP contribution in [0.1, 0.15) is 17.0 Å². The van der Waals surface area contributed by atoms with Crippen molar-refractivity contribution in [3.05, 3.63) is 45.5 Å². The Labute approximate surface area is 134 Å². The Morgan fingerprint density at radius 3 is 2.08 bits per heavy atom. The predicted octanol–water partition coefficient (Wildman–Crippen LogP) is 2.03. The molecule has 0 spiro atoms. The van der Waals surface area contributed by atoms with Crippen LogP contribution in [0.5, 0.6) is 0 Å². The molecule has 0 aromatic heterocycles. The molecule has 0 aliphatic rings. The number of esters is 2. The second-order valence-electron chi connectivity index (χ2n) is 4.73. The lowest BCUT2D eigenvalue weighted by atomic mass is 9.83. The summed E-state index contributed by atoms with van der Waals surface area (Å²) in [7, 11) is 1.83. The fraction of sp³-hybridized carbons (Fsp3) is 0.429. The minimum Gasteiger partial charge on any atom is -0.468 e. The largest absolute Gasteiger partial charge is 0.468 e. The highest BCUT2D eigenvalue weighted by molar-refractivity contribution is 5.96. The summed E-state index contributed by atoms with van der Waals surface area (Å²) < 4.78 is 48.3. The Hall–Kier alpha value is -2.65. The van der Waals surface area contributed by atoms with Gasteiger partial charge in [0.1, 0.15) is 0 Å². The van der Waals surface area contributed by atoms with Crippen LogP contribution in [0.2, 0.25) is 0 Å². The molecule has 1 aromatic carbocycles. The van der Waals surface area contributed by atoms with Crippen LogP contribution >= 0.6 is 0 Å². The van der Waals surface area contributed by atoms with Crippen LogP contribution in [-0.4, -0.2) is 37.6 Å². The van der Waals surface area contributed by atoms with E-state index in [1.54, 1.807) is 0 Å². The van der Waals surface area contributed by atoms with Gasteiger partial charge in [0.05, 0.1) is 25.7 Å². The lowest BCUT2D eigenvalue weighted by Gasteiger charge is -2.23. The van der Waals surface area contributed by atoms with Gasteiger partial charge >= 0.3 is 18.1 Å². The first-order chi connectivity index (χ1) is 11.1. The number of rotatable bonds is 6. The summed E-state index contributed by atoms with van der Waals surface area (Å²) in [6.45, 7) is -1.08. The number of ether oxygens (including phenoxy) is 2. The second-order valence-corrected chi connectivity index (χ2v) is 4.73. The molecule has 0 N–H and O–H groups in total. The maximum absolute atomic E-state index is 13.2. The molecule has 0 radical (unpaired) electrons. The van der Waals surface area contributed by atoms with Crippen LogP contribution in [0.3, 0.4) is 0 Å². The van der Waals surface area contributed by atoms with Gasteiger partial charge in [-0.2, -0.15) is 13.2 Å². The number of halogens is 3. The molecule has 24 heavy (non-hydrogen) atoms. The highest BCUT2D eigenvalue weighted by atomic mass is 19.4. The molecule has 0 aliphatic carbocycles. The number of methoxy groups -OCH3 is 2. The highest BCUT2D eigenvalue weighted by Gasteiger charge is 2.45. The van der Waals surface area contributed by atoms with Crippen LogP contribution < -0.4 is 0 Å². The van der Waals surface area contributed by atoms with E-state index in [1.807, 2.05) is 0 Å². The van der Waals surface area contributed by atoms with Crippen LogP contribution in [0.4, 0.5) is 13.2 Å². The molecule has 10 heteroatoms. The van der Waals surface area contributed by atoms with Gasteiger partial charge in [-0.3, -0.25) is 19.7 Å². The van der Waals surface area contributed by atoms with E-state index >= 15 is 0 Å². The number of carbonyl (C=O) groups is 2. The van der Waals surface area contributed by atoms with Gasteiger partial charge < -0.3 is 9.47 Å². The summed E-state index contributed by atoms with van der Waals surface area (Å²) in [4.78, 5) is 33.7. The minimum absolute atomic E-state index is 0.553. The predicted molar refractivity (Wildman–Crippen MR) is 73.6 cm³/mol. The first-order valence-electron chi connectivity index (χ1n) is 6.57. The van der Waals surface area contributed by atoms with Gasteiger partial charge in [-0.05, 0) is 11.6 Å². The Bertz CT molecular complexity index is 615. The van der Waals surface area contributed by atoms with Gasteiger partial charge in [-0.15, -0.1) is 0 Å². The van der Waals surface area contributed by atoms with Crippen molar-refractivity contribution in [3.63, 3.8) is 0 Å². The van der Waals surface area contributed by atoms with Crippen molar-refractivity contribution in [1.29, 1.82) is 0 Å². The molecule has 0 fully saturated rings. The third kappa shape index (κ3) is 4.43. The summed E-state index contributed by atoms with van der Waals surface area (Å²) in [6.07, 6.45) is -4.82. The van der Waals surface area contributed by atoms with Crippen LogP contribution in [0.15, 0.2) is 24.3 Å². The first-order valence-corrected chi connectivity index (χ1v) is 6.57. The zero-order valence-electron chi connectivity index (χ0n) is 12.7. The molecule has 1 atom stereocenters. The molecule has 0 amide bonds. The highest BCUT2D eigenvalue weighted by Crippen LogP contribution is 2.38. The SMILES string of the molecule is COC(=O)C(C(=O)OC)[C@H](C[N+](=O)[O-])c1ccccc1C(F)(F)F. The van der Waals surface area contributed by atoms with Crippen LogP contribution in [0.25, 0.3) is 0 Å². The number of carbonyl (C=O) groups excluding carboxylic acids is 2. The van der Waals surface area contributed by atoms with Crippen molar-refractivity contribution >= 4 is 11.9 Å². The molecule has 0 bridgehead atoms. The van der Waals surface area contributed by atoms with Gasteiger partial charge in [0.2, 0.25) is 6.54 Å². The van der Waals surface area contributed by atoms with Crippen molar-refractivity contribution in [1.82, 2.24) is 0 Å². The van der Waals surface area contributed by atoms with E-state index in [1.165, 1.54) is 6.07 Å². The number of alkyl halides is 3. The van der Waals surface area contributed by atoms with Crippen molar-refractivity contribution in [2.24, 2.45) is 5.92 Å². The van der Waals surface area contributed by atoms with Gasteiger partial charge in [0.15, 0.2) is 5.92 Å². The summed E-state index contributed by atoms with van der Waals surface area (Å²) in [6, 6.07) is 4.02. The Morgan fingerprint density at radius 1 is 1.17 bits per heavy atom. The lowest BCUT2D eigenvalue weighted by Crippen LogP contribution is -2.36. The maximum Gasteiger partial charge on any atom is 0.416 e. The molecule has 0 aliphatic heterocycles. The number of hydrogen-bond acceptors (Lipinski definition) is 6. The van der Waals surface area contributed by atoms with Gasteiger partial charge in [0.25, 0.3) is 0 Å². The molecule has 0 saturated carbocycles. The number of benzene rings is 1. The Morgan fingerprint density at radius 2 is 1.67 bits per heavy atom. The number of hydrogen-bond donors (Lipinski definition) is 0. The summed E-state index contributed by atoms with van der Waals surface area (Å²) in [5.41, 5.74) is -1.72. The third-order valence-electron chi connectivity index (χ3n) is 3.32. The quantitative estimate of drug-likeness (QED) is 0.337. The second kappa shape index (κ2) is 7.75. The van der Waals surface area contributed by atoms with Gasteiger partial charge in [-0.25, -0.2) is 0 Å². The molecule has 1 aromatic rings. The van der Waals surface area contributed by atoms with E-state index in [4.69, 9.17) is 0 Å². The standard InChI is InChI=1S/C14H14F3NO6/c1-23-12(19)11(13(20)24-2)9(7-18(21)22)8-5-3-4-6-10(8)14(15,16)17/h3-6,9,11H,7H2,1-2H3/t9-/m1/s1. The molecular weight excluding hydrogens is 335 g/mol. The summed E-state index contributed by atoms with van der Waals surface area (Å²) in [5.74, 6) is -6.03. The van der Waals surface area contributed by atoms with Gasteiger partial charge in [-0.1, -0.05) is 18.2 Å². The van der Waals surface area contributed by atoms with Gasteiger partial charge in [0, 0.05) is 4.92 Å². The van der Waals surface area contributed by atoms with Crippen molar-refractivity contribution < 1.29 is 37.2 Å². The zero-order chi connectivity index (χ0) is 18.5. The molecule has 0 heterocycles. The summed E-state index contributed by atoms with van der Waals surface area (Å²) in [5, 5.41) is 10.9. The lowest BCUT2D eigenvalue weighted by molar-refractivity contribution is -0.484. The third-order valence-corrected chi connectivity index (χ3v) is 3.32. The van der Waals surface area contributed by atoms with Crippen LogP contribution in [-0.2, 0) is 25.2 Å². The normalized spacial score (nSPS) is 12.6. The van der Waals surface area contributed by atoms with E-state index in [0.29, 0.717) is 6.07 Å². The maximum atomic E-state index is 13.2. The first kappa shape index (κ1) is 19.4. The Balaban J connectivity index is 3.54. The average Bonchev–Trinajstić information content (AvgIpc) is 2.52. The van der Waals surface area contributed by atoms with Crippen LogP contribution in [0, 0.1) is 16.0 Å². The molecule has 1 rings (SSSR count). The van der Waals surface area contributed by atoms with E-state index in [0.717, 1.165) is 26.4 Å². The van der Waals surface area contributed by atoms with E-state index in [-0.39, 0.29) is 0 Å². The molecule has 132 valence electrons. The van der Waals surface area contributed by atoms with E-state index in [9.17, 15) is 32.9 Å². The fourth-order valence-corrected chi connectivity index (χ4v) is 2.30. The van der Waals surface area contributed by atoms with E-state index < -0.39 is 52.5 Å². The zero-order valence-corrected chi connectivity index (χ0v) is 12.7. The molecule has 0 saturated heterocycles.